The van der Waals surface area contributed by atoms with E-state index in [1.54, 1.807) is 24.3 Å². The maximum atomic E-state index is 13.5. The SMILES string of the molecule is COC(=O)c1ccc(Cn2ccc3c(C4CCN(C(=O)c5cccc(F)c5)CC4)ccnc32)cc1. The Balaban J connectivity index is 1.30. The fourth-order valence-corrected chi connectivity index (χ4v) is 4.85. The van der Waals surface area contributed by atoms with E-state index in [0.29, 0.717) is 36.7 Å². The highest BCUT2D eigenvalue weighted by atomic mass is 19.1. The molecule has 7 heteroatoms. The third kappa shape index (κ3) is 4.67. The van der Waals surface area contributed by atoms with Crippen LogP contribution in [0.4, 0.5) is 4.39 Å². The van der Waals surface area contributed by atoms with Crippen molar-refractivity contribution in [1.29, 1.82) is 0 Å². The molecule has 1 aliphatic rings. The first-order valence-electron chi connectivity index (χ1n) is 11.7. The topological polar surface area (TPSA) is 64.4 Å². The van der Waals surface area contributed by atoms with Crippen LogP contribution in [0.1, 0.15) is 50.6 Å². The van der Waals surface area contributed by atoms with Crippen LogP contribution in [0.25, 0.3) is 11.0 Å². The number of carbonyl (C=O) groups excluding carboxylic acids is 2. The van der Waals surface area contributed by atoms with Gasteiger partial charge in [-0.25, -0.2) is 14.2 Å². The highest BCUT2D eigenvalue weighted by Crippen LogP contribution is 2.33. The van der Waals surface area contributed by atoms with E-state index >= 15 is 0 Å². The van der Waals surface area contributed by atoms with Crippen LogP contribution in [-0.2, 0) is 11.3 Å². The first-order chi connectivity index (χ1) is 17.0. The highest BCUT2D eigenvalue weighted by molar-refractivity contribution is 5.94. The number of methoxy groups -OCH3 is 1. The van der Waals surface area contributed by atoms with E-state index in [9.17, 15) is 14.0 Å². The van der Waals surface area contributed by atoms with Crippen LogP contribution in [0.3, 0.4) is 0 Å². The van der Waals surface area contributed by atoms with E-state index in [1.165, 1.54) is 24.8 Å². The van der Waals surface area contributed by atoms with Crippen LogP contribution < -0.4 is 0 Å². The third-order valence-corrected chi connectivity index (χ3v) is 6.72. The number of nitrogens with zero attached hydrogens (tertiary/aromatic N) is 3. The molecule has 0 atom stereocenters. The summed E-state index contributed by atoms with van der Waals surface area (Å²) in [5, 5.41) is 1.12. The molecule has 4 aromatic rings. The van der Waals surface area contributed by atoms with Gasteiger partial charge in [0.15, 0.2) is 0 Å². The molecule has 0 unspecified atom stereocenters. The van der Waals surface area contributed by atoms with Crippen LogP contribution in [0, 0.1) is 5.82 Å². The quantitative estimate of drug-likeness (QED) is 0.383. The molecular weight excluding hydrogens is 445 g/mol. The zero-order valence-corrected chi connectivity index (χ0v) is 19.5. The molecular formula is C28H26FN3O3. The monoisotopic (exact) mass is 471 g/mol. The summed E-state index contributed by atoms with van der Waals surface area (Å²) in [5.74, 6) is -0.536. The van der Waals surface area contributed by atoms with Gasteiger partial charge in [-0.05, 0) is 72.4 Å². The minimum Gasteiger partial charge on any atom is -0.465 e. The predicted octanol–water partition coefficient (Wildman–Crippen LogP) is 5.03. The number of amides is 1. The predicted molar refractivity (Wildman–Crippen MR) is 131 cm³/mol. The molecule has 2 aromatic carbocycles. The Morgan fingerprint density at radius 1 is 1.03 bits per heavy atom. The summed E-state index contributed by atoms with van der Waals surface area (Å²) in [4.78, 5) is 30.9. The van der Waals surface area contributed by atoms with E-state index < -0.39 is 5.82 Å². The third-order valence-electron chi connectivity index (χ3n) is 6.72. The van der Waals surface area contributed by atoms with Crippen LogP contribution >= 0.6 is 0 Å². The summed E-state index contributed by atoms with van der Waals surface area (Å²) in [6, 6.07) is 17.4. The number of hydrogen-bond acceptors (Lipinski definition) is 4. The average Bonchev–Trinajstić information content (AvgIpc) is 3.31. The standard InChI is InChI=1S/C28H26FN3O3/c1-35-28(34)21-7-5-19(6-8-21)18-32-16-12-25-24(9-13-30-26(25)32)20-10-14-31(15-11-20)27(33)22-3-2-4-23(29)17-22/h2-9,12-13,16-17,20H,10-11,14-15,18H2,1H3. The number of fused-ring (bicyclic) bond motifs is 1. The average molecular weight is 472 g/mol. The lowest BCUT2D eigenvalue weighted by molar-refractivity contribution is 0.0600. The van der Waals surface area contributed by atoms with Crippen LogP contribution in [0.2, 0.25) is 0 Å². The number of halogens is 1. The number of carbonyl (C=O) groups is 2. The van der Waals surface area contributed by atoms with Gasteiger partial charge in [0.05, 0.1) is 12.7 Å². The Hall–Kier alpha value is -4.00. The van der Waals surface area contributed by atoms with Crippen molar-refractivity contribution < 1.29 is 18.7 Å². The van der Waals surface area contributed by atoms with E-state index in [0.717, 1.165) is 29.4 Å². The lowest BCUT2D eigenvalue weighted by atomic mass is 9.88. The highest BCUT2D eigenvalue weighted by Gasteiger charge is 2.26. The molecule has 0 aliphatic carbocycles. The number of ether oxygens (including phenoxy) is 1. The van der Waals surface area contributed by atoms with Crippen molar-refractivity contribution in [3.63, 3.8) is 0 Å². The van der Waals surface area contributed by atoms with Gasteiger partial charge in [0.1, 0.15) is 11.5 Å². The van der Waals surface area contributed by atoms with Gasteiger partial charge in [0.2, 0.25) is 0 Å². The molecule has 6 nitrogen and oxygen atoms in total. The summed E-state index contributed by atoms with van der Waals surface area (Å²) in [7, 11) is 1.37. The Morgan fingerprint density at radius 3 is 2.51 bits per heavy atom. The van der Waals surface area contributed by atoms with Crippen molar-refractivity contribution in [2.75, 3.05) is 20.2 Å². The number of likely N-dealkylation sites (tertiary alicyclic amines) is 1. The van der Waals surface area contributed by atoms with Gasteiger partial charge < -0.3 is 14.2 Å². The molecule has 2 aromatic heterocycles. The maximum absolute atomic E-state index is 13.5. The molecule has 1 aliphatic heterocycles. The minimum absolute atomic E-state index is 0.118. The minimum atomic E-state index is -0.395. The summed E-state index contributed by atoms with van der Waals surface area (Å²) >= 11 is 0. The van der Waals surface area contributed by atoms with Crippen LogP contribution in [-0.4, -0.2) is 46.5 Å². The number of hydrogen-bond donors (Lipinski definition) is 0. The Kier molecular flexibility index (Phi) is 6.31. The lowest BCUT2D eigenvalue weighted by Crippen LogP contribution is -2.38. The fraction of sp³-hybridized carbons (Fsp3) is 0.250. The molecule has 1 saturated heterocycles. The molecule has 178 valence electrons. The van der Waals surface area contributed by atoms with Crippen molar-refractivity contribution in [1.82, 2.24) is 14.5 Å². The van der Waals surface area contributed by atoms with E-state index in [1.807, 2.05) is 29.4 Å². The molecule has 0 N–H and O–H groups in total. The zero-order valence-electron chi connectivity index (χ0n) is 19.5. The molecule has 5 rings (SSSR count). The van der Waals surface area contributed by atoms with Gasteiger partial charge >= 0.3 is 5.97 Å². The summed E-state index contributed by atoms with van der Waals surface area (Å²) < 4.78 is 20.4. The number of pyridine rings is 1. The van der Waals surface area contributed by atoms with Gasteiger partial charge in [0, 0.05) is 43.0 Å². The Bertz CT molecular complexity index is 1370. The van der Waals surface area contributed by atoms with Gasteiger partial charge in [-0.15, -0.1) is 0 Å². The Morgan fingerprint density at radius 2 is 1.80 bits per heavy atom. The largest absolute Gasteiger partial charge is 0.465 e. The van der Waals surface area contributed by atoms with Gasteiger partial charge in [-0.2, -0.15) is 0 Å². The number of rotatable bonds is 5. The number of aromatic nitrogens is 2. The summed E-state index contributed by atoms with van der Waals surface area (Å²) in [6.45, 7) is 1.91. The van der Waals surface area contributed by atoms with Gasteiger partial charge in [0.25, 0.3) is 5.91 Å². The van der Waals surface area contributed by atoms with E-state index in [4.69, 9.17) is 4.74 Å². The van der Waals surface area contributed by atoms with Crippen molar-refractivity contribution in [3.8, 4) is 0 Å². The van der Waals surface area contributed by atoms with Crippen LogP contribution in [0.15, 0.2) is 73.1 Å². The molecule has 0 bridgehead atoms. The molecule has 35 heavy (non-hydrogen) atoms. The van der Waals surface area contributed by atoms with Gasteiger partial charge in [-0.1, -0.05) is 18.2 Å². The second-order valence-corrected chi connectivity index (χ2v) is 8.85. The fourth-order valence-electron chi connectivity index (χ4n) is 4.85. The molecule has 1 amide bonds. The van der Waals surface area contributed by atoms with Gasteiger partial charge in [-0.3, -0.25) is 4.79 Å². The number of esters is 1. The number of benzene rings is 2. The number of piperidine rings is 1. The van der Waals surface area contributed by atoms with Crippen LogP contribution in [0.5, 0.6) is 0 Å². The lowest BCUT2D eigenvalue weighted by Gasteiger charge is -2.32. The maximum Gasteiger partial charge on any atom is 0.337 e. The molecule has 0 spiro atoms. The summed E-state index contributed by atoms with van der Waals surface area (Å²) in [5.41, 5.74) is 4.14. The van der Waals surface area contributed by atoms with E-state index in [-0.39, 0.29) is 11.9 Å². The normalized spacial score (nSPS) is 14.3. The van der Waals surface area contributed by atoms with Crippen molar-refractivity contribution in [2.45, 2.75) is 25.3 Å². The second kappa shape index (κ2) is 9.70. The summed E-state index contributed by atoms with van der Waals surface area (Å²) in [6.07, 6.45) is 5.58. The van der Waals surface area contributed by atoms with Crippen molar-refractivity contribution in [3.05, 3.63) is 101 Å². The van der Waals surface area contributed by atoms with E-state index in [2.05, 4.69) is 21.7 Å². The molecule has 0 saturated carbocycles. The first kappa shape index (κ1) is 22.8. The zero-order chi connectivity index (χ0) is 24.4. The molecule has 0 radical (unpaired) electrons. The van der Waals surface area contributed by atoms with Crippen molar-refractivity contribution in [2.24, 2.45) is 0 Å². The molecule has 1 fully saturated rings. The first-order valence-corrected chi connectivity index (χ1v) is 11.7. The second-order valence-electron chi connectivity index (χ2n) is 8.85. The van der Waals surface area contributed by atoms with Crippen molar-refractivity contribution >= 4 is 22.9 Å². The molecule has 3 heterocycles. The smallest absolute Gasteiger partial charge is 0.337 e. The Labute approximate surface area is 203 Å².